The quantitative estimate of drug-likeness (QED) is 0.544. The first-order valence-corrected chi connectivity index (χ1v) is 9.40. The molecule has 3 aromatic rings. The number of hydrogen-bond acceptors (Lipinski definition) is 5. The molecule has 0 saturated carbocycles. The number of ether oxygens (including phenoxy) is 3. The molecule has 0 aliphatic rings. The van der Waals surface area contributed by atoms with Gasteiger partial charge in [0.25, 0.3) is 0 Å². The maximum Gasteiger partial charge on any atom is 0.314 e. The van der Waals surface area contributed by atoms with Crippen LogP contribution in [0, 0.1) is 0 Å². The fourth-order valence-electron chi connectivity index (χ4n) is 2.94. The van der Waals surface area contributed by atoms with Crippen molar-refractivity contribution in [2.75, 3.05) is 33.9 Å². The number of carbonyl (C=O) groups excluding carboxylic acids is 1. The zero-order chi connectivity index (χ0) is 20.5. The van der Waals surface area contributed by atoms with Gasteiger partial charge in [-0.3, -0.25) is 4.98 Å². The molecule has 0 aliphatic carbocycles. The summed E-state index contributed by atoms with van der Waals surface area (Å²) in [6.45, 7) is 1.26. The van der Waals surface area contributed by atoms with Gasteiger partial charge in [-0.1, -0.05) is 24.3 Å². The smallest absolute Gasteiger partial charge is 0.314 e. The molecule has 29 heavy (non-hydrogen) atoms. The SMILES string of the molecule is COc1ccc(CCNC(=O)NCCOc2cccc3cccnc23)cc1OC. The topological polar surface area (TPSA) is 81.7 Å². The van der Waals surface area contributed by atoms with Crippen LogP contribution in [0.4, 0.5) is 4.79 Å². The lowest BCUT2D eigenvalue weighted by atomic mass is 10.1. The summed E-state index contributed by atoms with van der Waals surface area (Å²) in [4.78, 5) is 16.3. The number of aromatic nitrogens is 1. The first kappa shape index (κ1) is 20.3. The number of amides is 2. The molecule has 2 amide bonds. The Morgan fingerprint density at radius 1 is 0.931 bits per heavy atom. The van der Waals surface area contributed by atoms with Crippen molar-refractivity contribution in [2.24, 2.45) is 0 Å². The number of carbonyl (C=O) groups is 1. The standard InChI is InChI=1S/C22H25N3O4/c1-27-18-9-8-16(15-20(18)28-2)10-12-24-22(26)25-13-14-29-19-7-3-5-17-6-4-11-23-21(17)19/h3-9,11,15H,10,12-14H2,1-2H3,(H2,24,25,26). The van der Waals surface area contributed by atoms with Gasteiger partial charge < -0.3 is 24.8 Å². The Labute approximate surface area is 170 Å². The summed E-state index contributed by atoms with van der Waals surface area (Å²) in [5, 5.41) is 6.64. The Bertz CT molecular complexity index is 956. The lowest BCUT2D eigenvalue weighted by molar-refractivity contribution is 0.236. The van der Waals surface area contributed by atoms with E-state index in [9.17, 15) is 4.79 Å². The Balaban J connectivity index is 1.38. The maximum atomic E-state index is 11.9. The van der Waals surface area contributed by atoms with Gasteiger partial charge in [0, 0.05) is 18.1 Å². The number of para-hydroxylation sites is 1. The summed E-state index contributed by atoms with van der Waals surface area (Å²) in [6, 6.07) is 15.1. The van der Waals surface area contributed by atoms with E-state index in [1.165, 1.54) is 0 Å². The molecule has 1 heterocycles. The molecular formula is C22H25N3O4. The molecule has 7 heteroatoms. The molecule has 0 radical (unpaired) electrons. The van der Waals surface area contributed by atoms with Crippen LogP contribution in [0.3, 0.4) is 0 Å². The van der Waals surface area contributed by atoms with E-state index in [4.69, 9.17) is 14.2 Å². The van der Waals surface area contributed by atoms with Crippen molar-refractivity contribution in [3.8, 4) is 17.2 Å². The predicted octanol–water partition coefficient (Wildman–Crippen LogP) is 3.17. The molecule has 0 unspecified atom stereocenters. The van der Waals surface area contributed by atoms with E-state index in [2.05, 4.69) is 15.6 Å². The van der Waals surface area contributed by atoms with Gasteiger partial charge in [0.05, 0.1) is 20.8 Å². The number of nitrogens with one attached hydrogen (secondary N) is 2. The number of nitrogens with zero attached hydrogens (tertiary/aromatic N) is 1. The first-order valence-electron chi connectivity index (χ1n) is 9.40. The van der Waals surface area contributed by atoms with E-state index >= 15 is 0 Å². The molecular weight excluding hydrogens is 370 g/mol. The number of benzene rings is 2. The third-order valence-corrected chi connectivity index (χ3v) is 4.39. The molecule has 7 nitrogen and oxygen atoms in total. The summed E-state index contributed by atoms with van der Waals surface area (Å²) in [5.41, 5.74) is 1.86. The number of fused-ring (bicyclic) bond motifs is 1. The summed E-state index contributed by atoms with van der Waals surface area (Å²) < 4.78 is 16.3. The minimum absolute atomic E-state index is 0.231. The van der Waals surface area contributed by atoms with Gasteiger partial charge in [-0.15, -0.1) is 0 Å². The number of hydrogen-bond donors (Lipinski definition) is 2. The van der Waals surface area contributed by atoms with Gasteiger partial charge in [0.15, 0.2) is 11.5 Å². The van der Waals surface area contributed by atoms with Gasteiger partial charge in [-0.25, -0.2) is 4.79 Å². The van der Waals surface area contributed by atoms with Crippen LogP contribution < -0.4 is 24.8 Å². The molecule has 0 spiro atoms. The van der Waals surface area contributed by atoms with E-state index in [1.807, 2.05) is 48.5 Å². The Hall–Kier alpha value is -3.48. The first-order chi connectivity index (χ1) is 14.2. The van der Waals surface area contributed by atoms with Crippen molar-refractivity contribution in [1.82, 2.24) is 15.6 Å². The van der Waals surface area contributed by atoms with Crippen LogP contribution in [0.25, 0.3) is 10.9 Å². The summed E-state index contributed by atoms with van der Waals surface area (Å²) in [7, 11) is 3.20. The number of methoxy groups -OCH3 is 2. The highest BCUT2D eigenvalue weighted by molar-refractivity contribution is 5.84. The van der Waals surface area contributed by atoms with Crippen LogP contribution in [0.5, 0.6) is 17.2 Å². The lowest BCUT2D eigenvalue weighted by Gasteiger charge is -2.11. The van der Waals surface area contributed by atoms with Crippen molar-refractivity contribution in [2.45, 2.75) is 6.42 Å². The molecule has 0 bridgehead atoms. The molecule has 0 saturated heterocycles. The van der Waals surface area contributed by atoms with Crippen molar-refractivity contribution >= 4 is 16.9 Å². The normalized spacial score (nSPS) is 10.4. The van der Waals surface area contributed by atoms with E-state index < -0.39 is 0 Å². The summed E-state index contributed by atoms with van der Waals surface area (Å²) >= 11 is 0. The van der Waals surface area contributed by atoms with Crippen molar-refractivity contribution in [3.63, 3.8) is 0 Å². The number of pyridine rings is 1. The van der Waals surface area contributed by atoms with Gasteiger partial charge >= 0.3 is 6.03 Å². The predicted molar refractivity (Wildman–Crippen MR) is 112 cm³/mol. The van der Waals surface area contributed by atoms with Gasteiger partial charge in [0.2, 0.25) is 0 Å². The molecule has 0 fully saturated rings. The van der Waals surface area contributed by atoms with E-state index in [1.54, 1.807) is 20.4 Å². The monoisotopic (exact) mass is 395 g/mol. The molecule has 0 atom stereocenters. The van der Waals surface area contributed by atoms with E-state index in [0.29, 0.717) is 43.4 Å². The largest absolute Gasteiger partial charge is 0.493 e. The average Bonchev–Trinajstić information content (AvgIpc) is 2.76. The maximum absolute atomic E-state index is 11.9. The second kappa shape index (κ2) is 10.2. The van der Waals surface area contributed by atoms with Crippen LogP contribution in [0.1, 0.15) is 5.56 Å². The third kappa shape index (κ3) is 5.51. The van der Waals surface area contributed by atoms with Crippen LogP contribution in [-0.4, -0.2) is 44.9 Å². The summed E-state index contributed by atoms with van der Waals surface area (Å²) in [6.07, 6.45) is 2.42. The second-order valence-electron chi connectivity index (χ2n) is 6.30. The van der Waals surface area contributed by atoms with Crippen LogP contribution in [0.15, 0.2) is 54.7 Å². The molecule has 0 aliphatic heterocycles. The molecule has 3 rings (SSSR count). The highest BCUT2D eigenvalue weighted by Gasteiger charge is 2.06. The summed E-state index contributed by atoms with van der Waals surface area (Å²) in [5.74, 6) is 2.07. The van der Waals surface area contributed by atoms with Crippen LogP contribution in [-0.2, 0) is 6.42 Å². The van der Waals surface area contributed by atoms with Gasteiger partial charge in [-0.2, -0.15) is 0 Å². The lowest BCUT2D eigenvalue weighted by Crippen LogP contribution is -2.38. The highest BCUT2D eigenvalue weighted by atomic mass is 16.5. The Morgan fingerprint density at radius 2 is 1.72 bits per heavy atom. The fourth-order valence-corrected chi connectivity index (χ4v) is 2.94. The average molecular weight is 395 g/mol. The minimum atomic E-state index is -0.231. The minimum Gasteiger partial charge on any atom is -0.493 e. The second-order valence-corrected chi connectivity index (χ2v) is 6.30. The van der Waals surface area contributed by atoms with E-state index in [0.717, 1.165) is 16.5 Å². The highest BCUT2D eigenvalue weighted by Crippen LogP contribution is 2.27. The molecule has 2 aromatic carbocycles. The number of rotatable bonds is 9. The number of urea groups is 1. The Morgan fingerprint density at radius 3 is 2.55 bits per heavy atom. The molecule has 1 aromatic heterocycles. The fraction of sp³-hybridized carbons (Fsp3) is 0.273. The van der Waals surface area contributed by atoms with Crippen molar-refractivity contribution in [1.29, 1.82) is 0 Å². The van der Waals surface area contributed by atoms with Gasteiger partial charge in [-0.05, 0) is 36.2 Å². The molecule has 152 valence electrons. The van der Waals surface area contributed by atoms with Crippen molar-refractivity contribution in [3.05, 3.63) is 60.3 Å². The zero-order valence-electron chi connectivity index (χ0n) is 16.6. The van der Waals surface area contributed by atoms with Crippen LogP contribution in [0.2, 0.25) is 0 Å². The third-order valence-electron chi connectivity index (χ3n) is 4.39. The Kier molecular flexibility index (Phi) is 7.10. The van der Waals surface area contributed by atoms with Crippen LogP contribution >= 0.6 is 0 Å². The van der Waals surface area contributed by atoms with Crippen molar-refractivity contribution < 1.29 is 19.0 Å². The van der Waals surface area contributed by atoms with E-state index in [-0.39, 0.29) is 6.03 Å². The molecule has 2 N–H and O–H groups in total. The van der Waals surface area contributed by atoms with Gasteiger partial charge in [0.1, 0.15) is 17.9 Å². The zero-order valence-corrected chi connectivity index (χ0v) is 16.6.